The number of nitrogens with zero attached hydrogens (tertiary/aromatic N) is 2. The van der Waals surface area contributed by atoms with Gasteiger partial charge in [0, 0.05) is 29.2 Å². The Labute approximate surface area is 198 Å². The number of nitrogens with one attached hydrogen (secondary N) is 2. The van der Waals surface area contributed by atoms with Crippen molar-refractivity contribution in [2.45, 2.75) is 30.5 Å². The third-order valence-corrected chi connectivity index (χ3v) is 7.13. The van der Waals surface area contributed by atoms with E-state index >= 15 is 0 Å². The van der Waals surface area contributed by atoms with Crippen molar-refractivity contribution in [1.82, 2.24) is 9.97 Å². The van der Waals surface area contributed by atoms with E-state index in [0.717, 1.165) is 21.3 Å². The Balaban J connectivity index is 1.56. The fourth-order valence-electron chi connectivity index (χ4n) is 3.30. The summed E-state index contributed by atoms with van der Waals surface area (Å²) in [6.07, 6.45) is 2.10. The van der Waals surface area contributed by atoms with Gasteiger partial charge in [0.15, 0.2) is 0 Å². The highest BCUT2D eigenvalue weighted by molar-refractivity contribution is 8.00. The summed E-state index contributed by atoms with van der Waals surface area (Å²) < 4.78 is 13.4. The maximum atomic E-state index is 13.4. The summed E-state index contributed by atoms with van der Waals surface area (Å²) in [4.78, 5) is 33.8. The monoisotopic (exact) mass is 480 g/mol. The van der Waals surface area contributed by atoms with E-state index in [1.54, 1.807) is 36.4 Å². The van der Waals surface area contributed by atoms with Crippen LogP contribution in [-0.2, 0) is 9.59 Å². The molecule has 4 rings (SSSR count). The largest absolute Gasteiger partial charge is 0.326 e. The molecule has 2 aromatic heterocycles. The third-order valence-electron chi connectivity index (χ3n) is 4.88. The second-order valence-electron chi connectivity index (χ2n) is 7.28. The minimum atomic E-state index is -0.376. The lowest BCUT2D eigenvalue weighted by Crippen LogP contribution is -2.24. The molecule has 1 unspecified atom stereocenters. The molecule has 9 heteroatoms. The molecule has 168 valence electrons. The molecule has 0 saturated heterocycles. The van der Waals surface area contributed by atoms with E-state index in [4.69, 9.17) is 0 Å². The molecule has 4 aromatic rings. The first-order chi connectivity index (χ1) is 15.9. The first-order valence-corrected chi connectivity index (χ1v) is 12.0. The van der Waals surface area contributed by atoms with Crippen LogP contribution >= 0.6 is 23.1 Å². The molecule has 1 atom stereocenters. The van der Waals surface area contributed by atoms with Crippen LogP contribution in [0.15, 0.2) is 65.3 Å². The van der Waals surface area contributed by atoms with E-state index in [-0.39, 0.29) is 22.9 Å². The Bertz CT molecular complexity index is 1290. The van der Waals surface area contributed by atoms with Crippen LogP contribution in [0.1, 0.15) is 20.3 Å². The van der Waals surface area contributed by atoms with Gasteiger partial charge in [-0.1, -0.05) is 30.8 Å². The van der Waals surface area contributed by atoms with Gasteiger partial charge in [-0.2, -0.15) is 0 Å². The van der Waals surface area contributed by atoms with Crippen LogP contribution in [0.25, 0.3) is 21.3 Å². The number of hydrogen-bond donors (Lipinski definition) is 2. The number of fused-ring (bicyclic) bond motifs is 1. The predicted octanol–water partition coefficient (Wildman–Crippen LogP) is 5.97. The maximum Gasteiger partial charge on any atom is 0.237 e. The Kier molecular flexibility index (Phi) is 7.00. The van der Waals surface area contributed by atoms with Crippen molar-refractivity contribution in [3.63, 3.8) is 0 Å². The van der Waals surface area contributed by atoms with E-state index < -0.39 is 0 Å². The number of carbonyl (C=O) groups is 2. The Morgan fingerprint density at radius 1 is 1.03 bits per heavy atom. The molecule has 0 saturated carbocycles. The quantitative estimate of drug-likeness (QED) is 0.252. The van der Waals surface area contributed by atoms with E-state index in [2.05, 4.69) is 20.6 Å². The van der Waals surface area contributed by atoms with Crippen LogP contribution in [0.3, 0.4) is 0 Å². The fourth-order valence-corrected chi connectivity index (χ4v) is 5.31. The first kappa shape index (κ1) is 22.9. The highest BCUT2D eigenvalue weighted by Gasteiger charge is 2.22. The molecule has 6 nitrogen and oxygen atoms in total. The highest BCUT2D eigenvalue weighted by Crippen LogP contribution is 2.39. The van der Waals surface area contributed by atoms with E-state index in [1.165, 1.54) is 48.5 Å². The molecule has 33 heavy (non-hydrogen) atoms. The molecule has 0 radical (unpaired) electrons. The molecule has 0 spiro atoms. The van der Waals surface area contributed by atoms with Gasteiger partial charge in [0.1, 0.15) is 22.0 Å². The van der Waals surface area contributed by atoms with Crippen molar-refractivity contribution in [2.24, 2.45) is 0 Å². The van der Waals surface area contributed by atoms with Crippen molar-refractivity contribution in [2.75, 3.05) is 10.6 Å². The fraction of sp³-hybridized carbons (Fsp3) is 0.167. The second-order valence-corrected chi connectivity index (χ2v) is 9.33. The number of rotatable bonds is 7. The van der Waals surface area contributed by atoms with Gasteiger partial charge in [0.05, 0.1) is 10.6 Å². The van der Waals surface area contributed by atoms with Crippen LogP contribution in [-0.4, -0.2) is 27.0 Å². The molecular formula is C24H21FN4O2S2. The Morgan fingerprint density at radius 3 is 2.33 bits per heavy atom. The molecule has 0 fully saturated rings. The van der Waals surface area contributed by atoms with Crippen molar-refractivity contribution in [1.29, 1.82) is 0 Å². The van der Waals surface area contributed by atoms with Crippen molar-refractivity contribution < 1.29 is 14.0 Å². The van der Waals surface area contributed by atoms with Crippen LogP contribution < -0.4 is 10.6 Å². The van der Waals surface area contributed by atoms with Gasteiger partial charge in [-0.25, -0.2) is 14.4 Å². The second kappa shape index (κ2) is 10.1. The summed E-state index contributed by atoms with van der Waals surface area (Å²) in [5.74, 6) is -0.587. The molecule has 0 aliphatic rings. The number of aromatic nitrogens is 2. The number of anilines is 2. The predicted molar refractivity (Wildman–Crippen MR) is 132 cm³/mol. The summed E-state index contributed by atoms with van der Waals surface area (Å²) >= 11 is 2.88. The standard InChI is InChI=1S/C24H21FN4O2S2/c1-3-20(22(31)29-18-10-8-17(9-11-18)28-14(2)30)33-24-21-19(12-32-23(21)26-13-27-24)15-4-6-16(25)7-5-15/h4-13,20H,3H2,1-2H3,(H,28,30)(H,29,31). The number of benzene rings is 2. The highest BCUT2D eigenvalue weighted by atomic mass is 32.2. The Morgan fingerprint density at radius 2 is 1.70 bits per heavy atom. The minimum absolute atomic E-state index is 0.139. The van der Waals surface area contributed by atoms with E-state index in [0.29, 0.717) is 22.8 Å². The number of thioether (sulfide) groups is 1. The van der Waals surface area contributed by atoms with Crippen molar-refractivity contribution in [3.05, 3.63) is 66.1 Å². The molecule has 2 heterocycles. The lowest BCUT2D eigenvalue weighted by Gasteiger charge is -2.15. The zero-order valence-electron chi connectivity index (χ0n) is 18.0. The van der Waals surface area contributed by atoms with Gasteiger partial charge in [-0.3, -0.25) is 9.59 Å². The first-order valence-electron chi connectivity index (χ1n) is 10.3. The van der Waals surface area contributed by atoms with Crippen LogP contribution in [0, 0.1) is 5.82 Å². The summed E-state index contributed by atoms with van der Waals surface area (Å²) in [5.41, 5.74) is 3.09. The molecule has 0 aliphatic carbocycles. The number of amides is 2. The van der Waals surface area contributed by atoms with Gasteiger partial charge in [0.2, 0.25) is 11.8 Å². The summed E-state index contributed by atoms with van der Waals surface area (Å²) in [5, 5.41) is 8.81. The molecule has 0 bridgehead atoms. The summed E-state index contributed by atoms with van der Waals surface area (Å²) in [6, 6.07) is 13.3. The lowest BCUT2D eigenvalue weighted by molar-refractivity contribution is -0.116. The van der Waals surface area contributed by atoms with Crippen LogP contribution in [0.5, 0.6) is 0 Å². The average molecular weight is 481 g/mol. The lowest BCUT2D eigenvalue weighted by atomic mass is 10.1. The Hall–Kier alpha value is -3.30. The number of halogens is 1. The average Bonchev–Trinajstić information content (AvgIpc) is 3.24. The molecule has 0 aliphatic heterocycles. The van der Waals surface area contributed by atoms with Gasteiger partial charge >= 0.3 is 0 Å². The molecule has 2 amide bonds. The molecule has 2 aromatic carbocycles. The SMILES string of the molecule is CCC(Sc1ncnc2scc(-c3ccc(F)cc3)c12)C(=O)Nc1ccc(NC(C)=O)cc1. The van der Waals surface area contributed by atoms with Gasteiger partial charge in [0.25, 0.3) is 0 Å². The molecular weight excluding hydrogens is 459 g/mol. The number of hydrogen-bond acceptors (Lipinski definition) is 6. The normalized spacial score (nSPS) is 11.8. The summed E-state index contributed by atoms with van der Waals surface area (Å²) in [6.45, 7) is 3.39. The third kappa shape index (κ3) is 5.37. The maximum absolute atomic E-state index is 13.4. The van der Waals surface area contributed by atoms with E-state index in [1.807, 2.05) is 12.3 Å². The topological polar surface area (TPSA) is 84.0 Å². The van der Waals surface area contributed by atoms with Crippen molar-refractivity contribution in [3.8, 4) is 11.1 Å². The van der Waals surface area contributed by atoms with Gasteiger partial charge < -0.3 is 10.6 Å². The van der Waals surface area contributed by atoms with Crippen LogP contribution in [0.4, 0.5) is 15.8 Å². The van der Waals surface area contributed by atoms with Gasteiger partial charge in [-0.15, -0.1) is 11.3 Å². The summed E-state index contributed by atoms with van der Waals surface area (Å²) in [7, 11) is 0. The zero-order chi connectivity index (χ0) is 23.4. The number of thiophene rings is 1. The minimum Gasteiger partial charge on any atom is -0.326 e. The smallest absolute Gasteiger partial charge is 0.237 e. The zero-order valence-corrected chi connectivity index (χ0v) is 19.6. The van der Waals surface area contributed by atoms with Gasteiger partial charge in [-0.05, 0) is 48.4 Å². The molecule has 2 N–H and O–H groups in total. The van der Waals surface area contributed by atoms with Crippen LogP contribution in [0.2, 0.25) is 0 Å². The van der Waals surface area contributed by atoms with E-state index in [9.17, 15) is 14.0 Å². The van der Waals surface area contributed by atoms with Crippen molar-refractivity contribution >= 4 is 56.5 Å². The number of carbonyl (C=O) groups excluding carboxylic acids is 2.